The molecule has 4 N–H and O–H groups in total. The number of carboxylic acids is 1. The number of hydrogen-bond acceptors (Lipinski definition) is 9. The molecule has 32 heavy (non-hydrogen) atoms. The number of carboxylic acid groups (broad SMARTS) is 1. The number of aryl methyl sites for hydroxylation is 1. The van der Waals surface area contributed by atoms with Crippen LogP contribution in [0.15, 0.2) is 10.8 Å². The number of aromatic nitrogens is 5. The van der Waals surface area contributed by atoms with Gasteiger partial charge in [-0.1, -0.05) is 5.92 Å². The van der Waals surface area contributed by atoms with Crippen LogP contribution in [0, 0.1) is 11.8 Å². The molecule has 3 aromatic heterocycles. The van der Waals surface area contributed by atoms with Gasteiger partial charge < -0.3 is 25.3 Å². The lowest BCUT2D eigenvalue weighted by Gasteiger charge is -2.11. The average Bonchev–Trinajstić information content (AvgIpc) is 3.31. The van der Waals surface area contributed by atoms with E-state index in [2.05, 4.69) is 32.1 Å². The minimum absolute atomic E-state index is 0.105. The third-order valence-corrected chi connectivity index (χ3v) is 4.56. The molecule has 0 spiro atoms. The zero-order chi connectivity index (χ0) is 23.3. The molecule has 0 aliphatic heterocycles. The number of nitrogens with zero attached hydrogens (tertiary/aromatic N) is 5. The smallest absolute Gasteiger partial charge is 0.303 e. The average molecular weight is 442 g/mol. The van der Waals surface area contributed by atoms with Gasteiger partial charge in [-0.2, -0.15) is 0 Å². The highest BCUT2D eigenvalue weighted by Crippen LogP contribution is 2.33. The Morgan fingerprint density at radius 3 is 2.72 bits per heavy atom. The first kappa shape index (κ1) is 23.0. The van der Waals surface area contributed by atoms with Crippen molar-refractivity contribution >= 4 is 22.8 Å². The van der Waals surface area contributed by atoms with E-state index in [4.69, 9.17) is 20.2 Å². The number of aliphatic carboxylic acids is 1. The van der Waals surface area contributed by atoms with Crippen LogP contribution < -0.4 is 10.5 Å². The molecular formula is C21H26N6O5. The van der Waals surface area contributed by atoms with Gasteiger partial charge in [0.2, 0.25) is 0 Å². The van der Waals surface area contributed by atoms with Crippen LogP contribution in [-0.2, 0) is 11.3 Å². The van der Waals surface area contributed by atoms with Gasteiger partial charge in [0.25, 0.3) is 0 Å². The molecule has 0 aliphatic rings. The van der Waals surface area contributed by atoms with E-state index in [1.807, 2.05) is 11.5 Å². The molecule has 0 atom stereocenters. The fraction of sp³-hybridized carbons (Fsp3) is 0.476. The molecule has 0 radical (unpaired) electrons. The second-order valence-electron chi connectivity index (χ2n) is 7.71. The largest absolute Gasteiger partial charge is 0.490 e. The number of nitrogens with two attached hydrogens (primary N) is 1. The molecule has 0 aliphatic carbocycles. The number of anilines is 1. The number of nitrogen functional groups attached to an aromatic ring is 1. The van der Waals surface area contributed by atoms with Crippen molar-refractivity contribution in [1.82, 2.24) is 24.8 Å². The second-order valence-corrected chi connectivity index (χ2v) is 7.71. The molecule has 11 nitrogen and oxygen atoms in total. The lowest BCUT2D eigenvalue weighted by molar-refractivity contribution is -0.137. The first-order chi connectivity index (χ1) is 15.2. The Labute approximate surface area is 184 Å². The molecule has 0 saturated carbocycles. The summed E-state index contributed by atoms with van der Waals surface area (Å²) in [4.78, 5) is 19.7. The normalized spacial score (nSPS) is 11.4. The monoisotopic (exact) mass is 442 g/mol. The highest BCUT2D eigenvalue weighted by molar-refractivity contribution is 5.89. The SMILES string of the molecule is CCn1c(-c2nonc2N)nc2c(C#CC(C)(C)O)ncc(OCCCCCC(=O)O)c21. The van der Waals surface area contributed by atoms with Gasteiger partial charge in [-0.05, 0) is 56.3 Å². The summed E-state index contributed by atoms with van der Waals surface area (Å²) in [6.45, 7) is 6.01. The van der Waals surface area contributed by atoms with Crippen molar-refractivity contribution in [2.24, 2.45) is 0 Å². The number of ether oxygens (including phenoxy) is 1. The highest BCUT2D eigenvalue weighted by Gasteiger charge is 2.23. The first-order valence-corrected chi connectivity index (χ1v) is 10.3. The molecular weight excluding hydrogens is 416 g/mol. The fourth-order valence-electron chi connectivity index (χ4n) is 3.10. The summed E-state index contributed by atoms with van der Waals surface area (Å²) in [5.41, 5.74) is 6.49. The van der Waals surface area contributed by atoms with Crippen LogP contribution >= 0.6 is 0 Å². The molecule has 0 unspecified atom stereocenters. The fourth-order valence-corrected chi connectivity index (χ4v) is 3.10. The Hall–Kier alpha value is -3.65. The molecule has 0 saturated heterocycles. The van der Waals surface area contributed by atoms with Crippen LogP contribution in [0.1, 0.15) is 52.1 Å². The molecule has 0 amide bonds. The van der Waals surface area contributed by atoms with E-state index < -0.39 is 11.6 Å². The molecule has 0 fully saturated rings. The summed E-state index contributed by atoms with van der Waals surface area (Å²) >= 11 is 0. The Kier molecular flexibility index (Phi) is 6.95. The van der Waals surface area contributed by atoms with E-state index in [1.54, 1.807) is 20.0 Å². The number of imidazole rings is 1. The summed E-state index contributed by atoms with van der Waals surface area (Å²) in [6.07, 6.45) is 3.72. The van der Waals surface area contributed by atoms with E-state index in [-0.39, 0.29) is 12.2 Å². The predicted molar refractivity (Wildman–Crippen MR) is 116 cm³/mol. The van der Waals surface area contributed by atoms with Crippen molar-refractivity contribution < 1.29 is 24.4 Å². The lowest BCUT2D eigenvalue weighted by Crippen LogP contribution is -2.14. The van der Waals surface area contributed by atoms with Crippen LogP contribution in [0.25, 0.3) is 22.6 Å². The topological polar surface area (TPSA) is 162 Å². The van der Waals surface area contributed by atoms with Crippen molar-refractivity contribution in [3.05, 3.63) is 11.9 Å². The number of pyridine rings is 1. The summed E-state index contributed by atoms with van der Waals surface area (Å²) in [5, 5.41) is 26.2. The summed E-state index contributed by atoms with van der Waals surface area (Å²) < 4.78 is 12.6. The van der Waals surface area contributed by atoms with E-state index >= 15 is 0 Å². The van der Waals surface area contributed by atoms with Crippen LogP contribution in [0.3, 0.4) is 0 Å². The van der Waals surface area contributed by atoms with E-state index in [0.717, 1.165) is 6.42 Å². The molecule has 3 rings (SSSR count). The molecule has 0 aromatic carbocycles. The van der Waals surface area contributed by atoms with E-state index in [1.165, 1.54) is 0 Å². The third kappa shape index (κ3) is 5.33. The van der Waals surface area contributed by atoms with Crippen molar-refractivity contribution in [2.45, 2.75) is 58.6 Å². The van der Waals surface area contributed by atoms with E-state index in [9.17, 15) is 9.90 Å². The maximum absolute atomic E-state index is 10.6. The number of fused-ring (bicyclic) bond motifs is 1. The standard InChI is InChI=1S/C21H26N6O5/c1-4-27-18-14(31-11-7-5-6-8-15(28)29)12-23-13(9-10-21(2,3)30)16(18)24-20(27)17-19(22)26-32-25-17/h12,30H,4-8,11H2,1-3H3,(H2,22,26)(H,28,29). The Morgan fingerprint density at radius 1 is 1.31 bits per heavy atom. The second kappa shape index (κ2) is 9.65. The Balaban J connectivity index is 2.00. The van der Waals surface area contributed by atoms with Crippen LogP contribution in [0.5, 0.6) is 5.75 Å². The summed E-state index contributed by atoms with van der Waals surface area (Å²) in [5.74, 6) is 5.88. The molecule has 11 heteroatoms. The van der Waals surface area contributed by atoms with Gasteiger partial charge in [0.15, 0.2) is 23.1 Å². The van der Waals surface area contributed by atoms with Gasteiger partial charge in [0, 0.05) is 13.0 Å². The molecule has 170 valence electrons. The van der Waals surface area contributed by atoms with Crippen LogP contribution in [-0.4, -0.2) is 53.2 Å². The number of rotatable bonds is 9. The number of unbranched alkanes of at least 4 members (excludes halogenated alkanes) is 2. The Morgan fingerprint density at radius 2 is 2.09 bits per heavy atom. The summed E-state index contributed by atoms with van der Waals surface area (Å²) in [7, 11) is 0. The lowest BCUT2D eigenvalue weighted by atomic mass is 10.1. The minimum Gasteiger partial charge on any atom is -0.490 e. The first-order valence-electron chi connectivity index (χ1n) is 10.3. The van der Waals surface area contributed by atoms with Crippen molar-refractivity contribution in [1.29, 1.82) is 0 Å². The van der Waals surface area contributed by atoms with Gasteiger partial charge >= 0.3 is 5.97 Å². The van der Waals surface area contributed by atoms with Crippen LogP contribution in [0.4, 0.5) is 5.82 Å². The highest BCUT2D eigenvalue weighted by atomic mass is 16.6. The van der Waals surface area contributed by atoms with Crippen molar-refractivity contribution in [3.8, 4) is 29.1 Å². The zero-order valence-electron chi connectivity index (χ0n) is 18.3. The predicted octanol–water partition coefficient (Wildman–Crippen LogP) is 2.23. The third-order valence-electron chi connectivity index (χ3n) is 4.56. The van der Waals surface area contributed by atoms with Gasteiger partial charge in [-0.15, -0.1) is 0 Å². The number of hydrogen-bond donors (Lipinski definition) is 3. The molecule has 0 bridgehead atoms. The maximum Gasteiger partial charge on any atom is 0.303 e. The zero-order valence-corrected chi connectivity index (χ0v) is 18.3. The minimum atomic E-state index is -1.20. The molecule has 3 aromatic rings. The quantitative estimate of drug-likeness (QED) is 0.331. The van der Waals surface area contributed by atoms with E-state index in [0.29, 0.717) is 60.0 Å². The van der Waals surface area contributed by atoms with Gasteiger partial charge in [-0.3, -0.25) is 4.79 Å². The molecule has 3 heterocycles. The number of aliphatic hydroxyl groups is 1. The maximum atomic E-state index is 10.6. The van der Waals surface area contributed by atoms with Crippen LogP contribution in [0.2, 0.25) is 0 Å². The van der Waals surface area contributed by atoms with Gasteiger partial charge in [-0.25, -0.2) is 14.6 Å². The van der Waals surface area contributed by atoms with Gasteiger partial charge in [0.1, 0.15) is 22.3 Å². The van der Waals surface area contributed by atoms with Gasteiger partial charge in [0.05, 0.1) is 12.8 Å². The summed E-state index contributed by atoms with van der Waals surface area (Å²) in [6, 6.07) is 0. The number of carbonyl (C=O) groups is 1. The Bertz CT molecular complexity index is 1170. The van der Waals surface area contributed by atoms with Crippen molar-refractivity contribution in [2.75, 3.05) is 12.3 Å². The van der Waals surface area contributed by atoms with Crippen molar-refractivity contribution in [3.63, 3.8) is 0 Å².